The second kappa shape index (κ2) is 11.9. The van der Waals surface area contributed by atoms with Gasteiger partial charge in [-0.1, -0.05) is 84.9 Å². The molecule has 1 aliphatic heterocycles. The molecule has 0 radical (unpaired) electrons. The maximum atomic E-state index is 13.7. The number of aromatic amines is 1. The lowest BCUT2D eigenvalue weighted by molar-refractivity contribution is -0.141. The molecule has 6 aromatic rings. The van der Waals surface area contributed by atoms with Gasteiger partial charge in [0.25, 0.3) is 11.5 Å². The molecule has 7 heteroatoms. The molecule has 2 N–H and O–H groups in total. The summed E-state index contributed by atoms with van der Waals surface area (Å²) in [4.78, 5) is 37.4. The second-order valence-electron chi connectivity index (χ2n) is 13.9. The van der Waals surface area contributed by atoms with Crippen molar-refractivity contribution < 1.29 is 9.90 Å². The van der Waals surface area contributed by atoms with E-state index in [0.29, 0.717) is 42.3 Å². The van der Waals surface area contributed by atoms with E-state index in [4.69, 9.17) is 4.98 Å². The number of amides is 1. The van der Waals surface area contributed by atoms with E-state index in [1.165, 1.54) is 45.2 Å². The topological polar surface area (TPSA) is 86.3 Å². The third-order valence-corrected chi connectivity index (χ3v) is 11.7. The molecule has 1 atom stereocenters. The lowest BCUT2D eigenvalue weighted by Gasteiger charge is -2.24. The van der Waals surface area contributed by atoms with Gasteiger partial charge in [0.05, 0.1) is 23.2 Å². The Morgan fingerprint density at radius 2 is 1.69 bits per heavy atom. The summed E-state index contributed by atoms with van der Waals surface area (Å²) in [5.41, 5.74) is 8.28. The molecule has 6 nitrogen and oxygen atoms in total. The van der Waals surface area contributed by atoms with Crippen LogP contribution in [0, 0.1) is 0 Å². The number of hydrogen-bond donors (Lipinski definition) is 2. The molecule has 2 aliphatic carbocycles. The number of aliphatic hydroxyl groups excluding tert-OH is 1. The number of benzene rings is 4. The maximum Gasteiger partial charge on any atom is 0.256 e. The van der Waals surface area contributed by atoms with Crippen LogP contribution in [0.1, 0.15) is 77.9 Å². The standard InChI is InChI=1S/C42H37N3O3S/c46-38(31-11-4-9-29(22-31)28-8-3-7-27(21-28)26-16-17-26)40(48)45-20-6-14-36-34(24-45)39(47)44-41(43-36)42(18-19-42)32-12-5-10-30(23-32)35-25-49-37-15-2-1-13-33(35)37/h1-5,7-13,15,21-23,25-26,38,46H,6,14,16-20,24H2,(H,43,44,47)/t38-/m1/s1. The molecule has 9 rings (SSSR count). The minimum atomic E-state index is -1.32. The van der Waals surface area contributed by atoms with Crippen molar-refractivity contribution >= 4 is 27.3 Å². The van der Waals surface area contributed by atoms with Crippen LogP contribution < -0.4 is 5.56 Å². The molecule has 0 spiro atoms. The van der Waals surface area contributed by atoms with E-state index in [2.05, 4.69) is 83.2 Å². The Hall–Kier alpha value is -4.85. The Bertz CT molecular complexity index is 2300. The van der Waals surface area contributed by atoms with Crippen molar-refractivity contribution in [2.75, 3.05) is 6.54 Å². The van der Waals surface area contributed by atoms with Gasteiger partial charge in [0.1, 0.15) is 5.82 Å². The predicted molar refractivity (Wildman–Crippen MR) is 195 cm³/mol. The molecule has 244 valence electrons. The third kappa shape index (κ3) is 5.51. The van der Waals surface area contributed by atoms with Crippen LogP contribution in [0.25, 0.3) is 32.3 Å². The summed E-state index contributed by atoms with van der Waals surface area (Å²) in [7, 11) is 0. The van der Waals surface area contributed by atoms with Crippen molar-refractivity contribution in [2.24, 2.45) is 0 Å². The molecule has 2 aromatic heterocycles. The van der Waals surface area contributed by atoms with Crippen LogP contribution in [-0.4, -0.2) is 32.4 Å². The van der Waals surface area contributed by atoms with Crippen LogP contribution in [0.4, 0.5) is 0 Å². The number of fused-ring (bicyclic) bond motifs is 2. The van der Waals surface area contributed by atoms with Gasteiger partial charge in [-0.25, -0.2) is 4.98 Å². The van der Waals surface area contributed by atoms with E-state index in [1.54, 1.807) is 22.3 Å². The zero-order valence-electron chi connectivity index (χ0n) is 27.2. The number of rotatable bonds is 7. The maximum absolute atomic E-state index is 13.7. The smallest absolute Gasteiger partial charge is 0.256 e. The molecule has 0 unspecified atom stereocenters. The molecule has 0 saturated heterocycles. The Balaban J connectivity index is 0.966. The Morgan fingerprint density at radius 1 is 0.918 bits per heavy atom. The van der Waals surface area contributed by atoms with Crippen molar-refractivity contribution in [3.63, 3.8) is 0 Å². The van der Waals surface area contributed by atoms with Crippen LogP contribution in [-0.2, 0) is 23.2 Å². The average Bonchev–Trinajstić information content (AvgIpc) is 4.08. The first-order valence-corrected chi connectivity index (χ1v) is 18.2. The van der Waals surface area contributed by atoms with Gasteiger partial charge in [-0.3, -0.25) is 9.59 Å². The SMILES string of the molecule is O=C([C@H](O)c1cccc(-c2cccc(C3CC3)c2)c1)N1CCCc2nc(C3(c4cccc(-c5csc6ccccc56)c4)CC3)[nH]c(=O)c2C1. The Labute approximate surface area is 289 Å². The fourth-order valence-electron chi connectivity index (χ4n) is 7.60. The fourth-order valence-corrected chi connectivity index (χ4v) is 8.57. The number of H-pyrrole nitrogens is 1. The molecule has 0 bridgehead atoms. The summed E-state index contributed by atoms with van der Waals surface area (Å²) in [6.45, 7) is 0.580. The van der Waals surface area contributed by atoms with Gasteiger partial charge in [-0.2, -0.15) is 0 Å². The van der Waals surface area contributed by atoms with Gasteiger partial charge in [-0.05, 0) is 95.3 Å². The molecule has 2 saturated carbocycles. The summed E-state index contributed by atoms with van der Waals surface area (Å²) < 4.78 is 1.27. The second-order valence-corrected chi connectivity index (χ2v) is 14.9. The highest BCUT2D eigenvalue weighted by Crippen LogP contribution is 2.53. The van der Waals surface area contributed by atoms with Crippen LogP contribution in [0.15, 0.2) is 107 Å². The van der Waals surface area contributed by atoms with Crippen LogP contribution in [0.2, 0.25) is 0 Å². The van der Waals surface area contributed by atoms with Gasteiger partial charge < -0.3 is 15.0 Å². The van der Waals surface area contributed by atoms with E-state index >= 15 is 0 Å². The van der Waals surface area contributed by atoms with Crippen LogP contribution >= 0.6 is 11.3 Å². The van der Waals surface area contributed by atoms with Crippen LogP contribution in [0.3, 0.4) is 0 Å². The number of thiophene rings is 1. The quantitative estimate of drug-likeness (QED) is 0.180. The van der Waals surface area contributed by atoms with E-state index < -0.39 is 12.0 Å². The first-order chi connectivity index (χ1) is 24.0. The van der Waals surface area contributed by atoms with Crippen molar-refractivity contribution in [3.8, 4) is 22.3 Å². The number of aromatic nitrogens is 2. The number of carbonyl (C=O) groups excluding carboxylic acids is 1. The summed E-state index contributed by atoms with van der Waals surface area (Å²) in [6, 6.07) is 33.3. The Morgan fingerprint density at radius 3 is 2.53 bits per heavy atom. The highest BCUT2D eigenvalue weighted by Gasteiger charge is 2.49. The molecule has 3 aliphatic rings. The van der Waals surface area contributed by atoms with Crippen molar-refractivity contribution in [1.29, 1.82) is 0 Å². The van der Waals surface area contributed by atoms with Gasteiger partial charge in [0.2, 0.25) is 0 Å². The van der Waals surface area contributed by atoms with E-state index in [-0.39, 0.29) is 17.5 Å². The minimum absolute atomic E-state index is 0.130. The normalized spacial score (nSPS) is 17.4. The summed E-state index contributed by atoms with van der Waals surface area (Å²) in [6.07, 6.45) is 4.27. The molecule has 2 fully saturated rings. The van der Waals surface area contributed by atoms with Crippen molar-refractivity contribution in [2.45, 2.75) is 62.5 Å². The molecule has 49 heavy (non-hydrogen) atoms. The zero-order chi connectivity index (χ0) is 33.1. The van der Waals surface area contributed by atoms with Crippen LogP contribution in [0.5, 0.6) is 0 Å². The Kier molecular flexibility index (Phi) is 7.36. The first kappa shape index (κ1) is 30.2. The number of aryl methyl sites for hydroxylation is 1. The minimum Gasteiger partial charge on any atom is -0.378 e. The first-order valence-electron chi connectivity index (χ1n) is 17.3. The van der Waals surface area contributed by atoms with Gasteiger partial charge in [-0.15, -0.1) is 11.3 Å². The largest absolute Gasteiger partial charge is 0.378 e. The molecule has 1 amide bonds. The highest BCUT2D eigenvalue weighted by molar-refractivity contribution is 7.17. The molecule has 3 heterocycles. The van der Waals surface area contributed by atoms with Gasteiger partial charge >= 0.3 is 0 Å². The lowest BCUT2D eigenvalue weighted by atomic mass is 9.91. The van der Waals surface area contributed by atoms with Gasteiger partial charge in [0, 0.05) is 22.2 Å². The third-order valence-electron chi connectivity index (χ3n) is 10.7. The number of nitrogens with one attached hydrogen (secondary N) is 1. The summed E-state index contributed by atoms with van der Waals surface area (Å²) >= 11 is 1.76. The van der Waals surface area contributed by atoms with Crippen molar-refractivity contribution in [1.82, 2.24) is 14.9 Å². The van der Waals surface area contributed by atoms with Crippen molar-refractivity contribution in [3.05, 3.63) is 147 Å². The fraction of sp³-hybridized carbons (Fsp3) is 0.262. The number of nitrogens with zero attached hydrogens (tertiary/aromatic N) is 2. The number of carbonyl (C=O) groups is 1. The molecule has 4 aromatic carbocycles. The van der Waals surface area contributed by atoms with E-state index in [9.17, 15) is 14.7 Å². The van der Waals surface area contributed by atoms with E-state index in [1.807, 2.05) is 18.2 Å². The highest BCUT2D eigenvalue weighted by atomic mass is 32.1. The number of aliphatic hydroxyl groups is 1. The summed E-state index contributed by atoms with van der Waals surface area (Å²) in [5, 5.41) is 14.8. The zero-order valence-corrected chi connectivity index (χ0v) is 28.0. The average molecular weight is 664 g/mol. The molecular formula is C42H37N3O3S. The molecular weight excluding hydrogens is 627 g/mol. The monoisotopic (exact) mass is 663 g/mol. The predicted octanol–water partition coefficient (Wildman–Crippen LogP) is 8.28. The van der Waals surface area contributed by atoms with E-state index in [0.717, 1.165) is 29.7 Å². The lowest BCUT2D eigenvalue weighted by Crippen LogP contribution is -2.36. The van der Waals surface area contributed by atoms with Gasteiger partial charge in [0.15, 0.2) is 6.10 Å². The summed E-state index contributed by atoms with van der Waals surface area (Å²) in [5.74, 6) is 0.969. The number of hydrogen-bond acceptors (Lipinski definition) is 5.